The number of aliphatic hydroxyl groups is 2. The summed E-state index contributed by atoms with van der Waals surface area (Å²) in [6.45, 7) is 6.28. The van der Waals surface area contributed by atoms with E-state index in [9.17, 15) is 19.8 Å². The fourth-order valence-electron chi connectivity index (χ4n) is 6.83. The Balaban J connectivity index is 4.65. The van der Waals surface area contributed by atoms with Gasteiger partial charge in [0.15, 0.2) is 0 Å². The van der Waals surface area contributed by atoms with Crippen LogP contribution in [0.1, 0.15) is 220 Å². The third-order valence-corrected chi connectivity index (χ3v) is 10.4. The highest BCUT2D eigenvalue weighted by atomic mass is 16.5. The summed E-state index contributed by atoms with van der Waals surface area (Å²) in [6, 6.07) is -0.710. The predicted octanol–water partition coefficient (Wildman–Crippen LogP) is 13.7. The number of unbranched alkanes of at least 4 members (excludes halogenated alkanes) is 22. The normalized spacial score (nSPS) is 13.9. The van der Waals surface area contributed by atoms with Gasteiger partial charge in [-0.05, 0) is 70.6 Å². The van der Waals surface area contributed by atoms with Crippen LogP contribution in [0.5, 0.6) is 0 Å². The van der Waals surface area contributed by atoms with E-state index in [-0.39, 0.29) is 24.9 Å². The minimum absolute atomic E-state index is 0.0572. The Morgan fingerprint density at radius 3 is 1.50 bits per heavy atom. The number of allylic oxidation sites excluding steroid dienone is 10. The lowest BCUT2D eigenvalue weighted by Gasteiger charge is -2.24. The summed E-state index contributed by atoms with van der Waals surface area (Å²) in [6.07, 6.45) is 52.8. The Kier molecular flexibility index (Phi) is 41.8. The molecule has 6 heteroatoms. The number of ether oxygens (including phenoxy) is 1. The van der Waals surface area contributed by atoms with E-state index in [1.54, 1.807) is 0 Å². The van der Waals surface area contributed by atoms with Crippen molar-refractivity contribution < 1.29 is 24.5 Å². The van der Waals surface area contributed by atoms with E-state index in [4.69, 9.17) is 4.74 Å². The first kappa shape index (κ1) is 53.6. The number of carbonyl (C=O) groups excluding carboxylic acids is 2. The predicted molar refractivity (Wildman–Crippen MR) is 241 cm³/mol. The Morgan fingerprint density at radius 1 is 0.536 bits per heavy atom. The average Bonchev–Trinajstić information content (AvgIpc) is 3.19. The van der Waals surface area contributed by atoms with Crippen LogP contribution in [0.15, 0.2) is 60.8 Å². The summed E-state index contributed by atoms with van der Waals surface area (Å²) in [5.74, 6) is -0.511. The molecule has 0 bridgehead atoms. The molecule has 0 saturated heterocycles. The maximum absolute atomic E-state index is 13.1. The number of hydrogen-bond donors (Lipinski definition) is 3. The quantitative estimate of drug-likeness (QED) is 0.0326. The summed E-state index contributed by atoms with van der Waals surface area (Å²) in [7, 11) is 0. The highest BCUT2D eigenvalue weighted by Crippen LogP contribution is 2.17. The Labute approximate surface area is 346 Å². The monoisotopic (exact) mass is 784 g/mol. The molecule has 0 rings (SSSR count). The van der Waals surface area contributed by atoms with Crippen LogP contribution >= 0.6 is 0 Å². The molecule has 324 valence electrons. The molecule has 0 aromatic rings. The van der Waals surface area contributed by atoms with Gasteiger partial charge in [-0.25, -0.2) is 0 Å². The largest absolute Gasteiger partial charge is 0.462 e. The van der Waals surface area contributed by atoms with Crippen molar-refractivity contribution in [3.63, 3.8) is 0 Å². The molecule has 1 amide bonds. The minimum atomic E-state index is -0.794. The van der Waals surface area contributed by atoms with E-state index in [2.05, 4.69) is 86.8 Å². The van der Waals surface area contributed by atoms with E-state index >= 15 is 0 Å². The molecule has 0 aromatic heterocycles. The Bertz CT molecular complexity index is 1010. The maximum atomic E-state index is 13.1. The number of rotatable bonds is 41. The molecule has 0 radical (unpaired) electrons. The second-order valence-electron chi connectivity index (χ2n) is 15.9. The van der Waals surface area contributed by atoms with Crippen LogP contribution in [0.2, 0.25) is 0 Å². The van der Waals surface area contributed by atoms with Crippen molar-refractivity contribution in [3.8, 4) is 0 Å². The van der Waals surface area contributed by atoms with Crippen molar-refractivity contribution in [1.29, 1.82) is 0 Å². The van der Waals surface area contributed by atoms with Crippen LogP contribution in [-0.2, 0) is 14.3 Å². The van der Waals surface area contributed by atoms with Gasteiger partial charge >= 0.3 is 5.97 Å². The number of hydrogen-bond acceptors (Lipinski definition) is 5. The van der Waals surface area contributed by atoms with Crippen LogP contribution in [0.4, 0.5) is 0 Å². The van der Waals surface area contributed by atoms with Crippen LogP contribution in [0, 0.1) is 0 Å². The molecule has 6 nitrogen and oxygen atoms in total. The maximum Gasteiger partial charge on any atom is 0.306 e. The molecule has 56 heavy (non-hydrogen) atoms. The molecule has 3 atom stereocenters. The molecule has 0 spiro atoms. The highest BCUT2D eigenvalue weighted by Gasteiger charge is 2.24. The van der Waals surface area contributed by atoms with Crippen molar-refractivity contribution in [2.24, 2.45) is 0 Å². The second-order valence-corrected chi connectivity index (χ2v) is 15.9. The van der Waals surface area contributed by atoms with Crippen molar-refractivity contribution in [2.45, 2.75) is 238 Å². The lowest BCUT2D eigenvalue weighted by Crippen LogP contribution is -2.46. The van der Waals surface area contributed by atoms with Gasteiger partial charge in [0.2, 0.25) is 5.91 Å². The fourth-order valence-corrected chi connectivity index (χ4v) is 6.83. The molecule has 0 heterocycles. The van der Waals surface area contributed by atoms with Crippen molar-refractivity contribution >= 4 is 11.9 Å². The lowest BCUT2D eigenvalue weighted by atomic mass is 10.0. The minimum Gasteiger partial charge on any atom is -0.462 e. The molecule has 0 aliphatic heterocycles. The fraction of sp³-hybridized carbons (Fsp3) is 0.760. The first-order valence-corrected chi connectivity index (χ1v) is 23.6. The van der Waals surface area contributed by atoms with Crippen molar-refractivity contribution in [2.75, 3.05) is 6.61 Å². The molecule has 3 N–H and O–H groups in total. The summed E-state index contributed by atoms with van der Waals surface area (Å²) < 4.78 is 5.90. The third kappa shape index (κ3) is 38.4. The van der Waals surface area contributed by atoms with Gasteiger partial charge < -0.3 is 20.3 Å². The van der Waals surface area contributed by atoms with Crippen LogP contribution in [-0.4, -0.2) is 46.9 Å². The van der Waals surface area contributed by atoms with Crippen LogP contribution < -0.4 is 5.32 Å². The summed E-state index contributed by atoms with van der Waals surface area (Å²) in [5, 5.41) is 23.6. The number of aliphatic hydroxyl groups excluding tert-OH is 2. The Hall–Kier alpha value is -2.44. The molecular weight excluding hydrogens is 695 g/mol. The molecule has 0 saturated carbocycles. The van der Waals surface area contributed by atoms with Gasteiger partial charge in [-0.15, -0.1) is 0 Å². The highest BCUT2D eigenvalue weighted by molar-refractivity contribution is 5.77. The average molecular weight is 784 g/mol. The smallest absolute Gasteiger partial charge is 0.306 e. The van der Waals surface area contributed by atoms with Gasteiger partial charge in [-0.1, -0.05) is 197 Å². The number of esters is 1. The first-order chi connectivity index (χ1) is 27.5. The van der Waals surface area contributed by atoms with E-state index in [1.807, 2.05) is 0 Å². The number of amides is 1. The van der Waals surface area contributed by atoms with Gasteiger partial charge in [0.25, 0.3) is 0 Å². The Morgan fingerprint density at radius 2 is 0.964 bits per heavy atom. The molecule has 0 fully saturated rings. The molecule has 0 aliphatic rings. The summed E-state index contributed by atoms with van der Waals surface area (Å²) in [5.41, 5.74) is 0. The van der Waals surface area contributed by atoms with Gasteiger partial charge in [-0.2, -0.15) is 0 Å². The third-order valence-electron chi connectivity index (χ3n) is 10.4. The summed E-state index contributed by atoms with van der Waals surface area (Å²) in [4.78, 5) is 26.0. The van der Waals surface area contributed by atoms with E-state index in [0.717, 1.165) is 89.9 Å². The lowest BCUT2D eigenvalue weighted by molar-refractivity contribution is -0.151. The topological polar surface area (TPSA) is 95.9 Å². The first-order valence-electron chi connectivity index (χ1n) is 23.6. The van der Waals surface area contributed by atoms with E-state index in [0.29, 0.717) is 19.3 Å². The molecule has 0 aromatic carbocycles. The zero-order valence-corrected chi connectivity index (χ0v) is 36.8. The van der Waals surface area contributed by atoms with E-state index in [1.165, 1.54) is 83.5 Å². The zero-order chi connectivity index (χ0) is 41.0. The van der Waals surface area contributed by atoms with Gasteiger partial charge in [0.1, 0.15) is 6.10 Å². The number of nitrogens with one attached hydrogen (secondary N) is 1. The molecule has 3 unspecified atom stereocenters. The van der Waals surface area contributed by atoms with Crippen LogP contribution in [0.3, 0.4) is 0 Å². The van der Waals surface area contributed by atoms with Crippen molar-refractivity contribution in [3.05, 3.63) is 60.8 Å². The summed E-state index contributed by atoms with van der Waals surface area (Å²) >= 11 is 0. The molecular formula is C50H89NO5. The van der Waals surface area contributed by atoms with Crippen LogP contribution in [0.25, 0.3) is 0 Å². The van der Waals surface area contributed by atoms with Gasteiger partial charge in [0.05, 0.1) is 25.2 Å². The zero-order valence-electron chi connectivity index (χ0n) is 36.8. The standard InChI is InChI=1S/C50H89NO5/c1-4-7-10-13-16-19-21-23-24-26-28-31-34-37-40-43-50(55)56-46(41-38-35-32-30-27-25-22-20-17-14-11-8-5-2)44-49(54)51-47(45-52)48(53)42-39-36-33-29-18-15-12-9-6-3/h7,10,13,16-17,19-22,25,46-48,52-53H,4-6,8-9,11-12,14-15,18,23-24,26-45H2,1-3H3,(H,51,54)/b10-7+,16-13+,20-17+,21-19+,25-22+. The SMILES string of the molecule is CC/C=C/C=C/C=C/CCCCCCCCCC(=O)OC(CCCCCC/C=C/C=C/CCCCC)CC(=O)NC(CO)C(O)CCCCCCCCCCC. The number of carbonyl (C=O) groups is 2. The molecule has 0 aliphatic carbocycles. The van der Waals surface area contributed by atoms with Crippen molar-refractivity contribution in [1.82, 2.24) is 5.32 Å². The van der Waals surface area contributed by atoms with E-state index < -0.39 is 18.2 Å². The second kappa shape index (κ2) is 43.7. The van der Waals surface area contributed by atoms with Gasteiger partial charge in [0, 0.05) is 6.42 Å². The van der Waals surface area contributed by atoms with Gasteiger partial charge in [-0.3, -0.25) is 9.59 Å².